The predicted molar refractivity (Wildman–Crippen MR) is 85.7 cm³/mol. The molecule has 1 aromatic rings. The second-order valence-electron chi connectivity index (χ2n) is 5.18. The Hall–Kier alpha value is -1.46. The van der Waals surface area contributed by atoms with E-state index in [9.17, 15) is 4.79 Å². The third-order valence-electron chi connectivity index (χ3n) is 3.79. The molecule has 2 atom stereocenters. The van der Waals surface area contributed by atoms with Gasteiger partial charge in [-0.25, -0.2) is 0 Å². The number of benzene rings is 1. The highest BCUT2D eigenvalue weighted by atomic mass is 32.1. The molecule has 0 bridgehead atoms. The zero-order valence-electron chi connectivity index (χ0n) is 11.7. The Morgan fingerprint density at radius 1 is 1.40 bits per heavy atom. The quantitative estimate of drug-likeness (QED) is 0.835. The number of nitrogens with two attached hydrogens (primary N) is 1. The number of piperidine rings is 1. The lowest BCUT2D eigenvalue weighted by Crippen LogP contribution is -2.54. The molecule has 0 aliphatic carbocycles. The Balaban J connectivity index is 2.03. The van der Waals surface area contributed by atoms with Crippen molar-refractivity contribution >= 4 is 28.8 Å². The molecule has 0 aromatic heterocycles. The number of amides is 1. The number of rotatable bonds is 4. The summed E-state index contributed by atoms with van der Waals surface area (Å²) in [6.45, 7) is 2.78. The van der Waals surface area contributed by atoms with Crippen molar-refractivity contribution in [2.75, 3.05) is 11.9 Å². The molecule has 5 heteroatoms. The monoisotopic (exact) mass is 291 g/mol. The zero-order chi connectivity index (χ0) is 14.5. The van der Waals surface area contributed by atoms with E-state index in [0.717, 1.165) is 31.5 Å². The first-order valence-corrected chi connectivity index (χ1v) is 7.41. The first-order chi connectivity index (χ1) is 9.59. The second-order valence-corrected chi connectivity index (χ2v) is 5.65. The van der Waals surface area contributed by atoms with E-state index in [4.69, 9.17) is 18.0 Å². The summed E-state index contributed by atoms with van der Waals surface area (Å²) in [5.74, 6) is -0.0145. The van der Waals surface area contributed by atoms with Gasteiger partial charge in [0.25, 0.3) is 0 Å². The molecule has 1 amide bonds. The molecule has 1 aromatic carbocycles. The number of carbonyl (C=O) groups excluding carboxylic acids is 1. The first kappa shape index (κ1) is 14.9. The normalized spacial score (nSPS) is 21.1. The van der Waals surface area contributed by atoms with Crippen molar-refractivity contribution in [2.24, 2.45) is 5.73 Å². The minimum Gasteiger partial charge on any atom is -0.392 e. The van der Waals surface area contributed by atoms with Crippen LogP contribution in [0.25, 0.3) is 0 Å². The number of hydrogen-bond acceptors (Lipinski definition) is 3. The standard InChI is InChI=1S/C15H21N3OS/c1-11(15(19)17-12-7-3-2-4-8-12)18-10-6-5-9-13(18)14(16)20/h2-4,7-8,11,13H,5-6,9-10H2,1H3,(H2,16,20)(H,17,19). The van der Waals surface area contributed by atoms with E-state index >= 15 is 0 Å². The molecule has 1 heterocycles. The largest absolute Gasteiger partial charge is 0.392 e. The van der Waals surface area contributed by atoms with Crippen LogP contribution >= 0.6 is 12.2 Å². The van der Waals surface area contributed by atoms with Crippen LogP contribution in [0.15, 0.2) is 30.3 Å². The van der Waals surface area contributed by atoms with Crippen LogP contribution in [0.5, 0.6) is 0 Å². The molecule has 1 saturated heterocycles. The van der Waals surface area contributed by atoms with E-state index < -0.39 is 0 Å². The SMILES string of the molecule is CC(C(=O)Nc1ccccc1)N1CCCCC1C(N)=S. The van der Waals surface area contributed by atoms with Crippen molar-refractivity contribution in [3.05, 3.63) is 30.3 Å². The van der Waals surface area contributed by atoms with Crippen molar-refractivity contribution in [2.45, 2.75) is 38.3 Å². The summed E-state index contributed by atoms with van der Waals surface area (Å²) in [6.07, 6.45) is 3.14. The van der Waals surface area contributed by atoms with Gasteiger partial charge in [-0.15, -0.1) is 0 Å². The Morgan fingerprint density at radius 3 is 2.75 bits per heavy atom. The first-order valence-electron chi connectivity index (χ1n) is 7.00. The van der Waals surface area contributed by atoms with Gasteiger partial charge in [-0.2, -0.15) is 0 Å². The third-order valence-corrected chi connectivity index (χ3v) is 4.06. The maximum Gasteiger partial charge on any atom is 0.241 e. The molecule has 2 rings (SSSR count). The molecule has 2 unspecified atom stereocenters. The van der Waals surface area contributed by atoms with E-state index in [-0.39, 0.29) is 18.0 Å². The van der Waals surface area contributed by atoms with E-state index in [0.29, 0.717) is 4.99 Å². The molecule has 0 spiro atoms. The van der Waals surface area contributed by atoms with E-state index in [1.807, 2.05) is 37.3 Å². The lowest BCUT2D eigenvalue weighted by atomic mass is 10.00. The predicted octanol–water partition coefficient (Wildman–Crippen LogP) is 2.15. The Morgan fingerprint density at radius 2 is 2.10 bits per heavy atom. The number of nitrogens with zero attached hydrogens (tertiary/aromatic N) is 1. The van der Waals surface area contributed by atoms with Crippen molar-refractivity contribution < 1.29 is 4.79 Å². The fourth-order valence-corrected chi connectivity index (χ4v) is 2.90. The maximum atomic E-state index is 12.3. The van der Waals surface area contributed by atoms with Crippen LogP contribution < -0.4 is 11.1 Å². The van der Waals surface area contributed by atoms with Crippen LogP contribution in [0, 0.1) is 0 Å². The highest BCUT2D eigenvalue weighted by Crippen LogP contribution is 2.20. The number of nitrogens with one attached hydrogen (secondary N) is 1. The molecule has 0 saturated carbocycles. The highest BCUT2D eigenvalue weighted by Gasteiger charge is 2.31. The molecule has 4 nitrogen and oxygen atoms in total. The Bertz CT molecular complexity index is 477. The van der Waals surface area contributed by atoms with Crippen LogP contribution in [0.1, 0.15) is 26.2 Å². The molecular weight excluding hydrogens is 270 g/mol. The van der Waals surface area contributed by atoms with E-state index in [2.05, 4.69) is 10.2 Å². The molecule has 1 fully saturated rings. The van der Waals surface area contributed by atoms with Crippen LogP contribution in [0.2, 0.25) is 0 Å². The minimum atomic E-state index is -0.234. The van der Waals surface area contributed by atoms with Gasteiger partial charge in [0.2, 0.25) is 5.91 Å². The lowest BCUT2D eigenvalue weighted by Gasteiger charge is -2.38. The van der Waals surface area contributed by atoms with Gasteiger partial charge in [-0.3, -0.25) is 9.69 Å². The maximum absolute atomic E-state index is 12.3. The summed E-state index contributed by atoms with van der Waals surface area (Å²) in [6, 6.07) is 9.29. The lowest BCUT2D eigenvalue weighted by molar-refractivity contribution is -0.121. The number of anilines is 1. The number of para-hydroxylation sites is 1. The van der Waals surface area contributed by atoms with Gasteiger partial charge in [-0.1, -0.05) is 36.8 Å². The van der Waals surface area contributed by atoms with Crippen molar-refractivity contribution in [3.8, 4) is 0 Å². The summed E-state index contributed by atoms with van der Waals surface area (Å²) in [5, 5.41) is 2.93. The number of thiocarbonyl (C=S) groups is 1. The number of hydrogen-bond donors (Lipinski definition) is 2. The Kier molecular flexibility index (Phi) is 5.09. The topological polar surface area (TPSA) is 58.4 Å². The molecule has 3 N–H and O–H groups in total. The van der Waals surface area contributed by atoms with Crippen molar-refractivity contribution in [1.29, 1.82) is 0 Å². The molecule has 1 aliphatic heterocycles. The molecule has 0 radical (unpaired) electrons. The number of carbonyl (C=O) groups is 1. The smallest absolute Gasteiger partial charge is 0.241 e. The molecule has 108 valence electrons. The fraction of sp³-hybridized carbons (Fsp3) is 0.467. The van der Waals surface area contributed by atoms with E-state index in [1.54, 1.807) is 0 Å². The number of likely N-dealkylation sites (tertiary alicyclic amines) is 1. The Labute approximate surface area is 125 Å². The summed E-state index contributed by atoms with van der Waals surface area (Å²) in [5.41, 5.74) is 6.62. The van der Waals surface area contributed by atoms with Crippen LogP contribution in [0.3, 0.4) is 0 Å². The van der Waals surface area contributed by atoms with Gasteiger partial charge in [0.1, 0.15) is 0 Å². The van der Waals surface area contributed by atoms with Crippen LogP contribution in [-0.4, -0.2) is 34.4 Å². The third kappa shape index (κ3) is 3.55. The summed E-state index contributed by atoms with van der Waals surface area (Å²) >= 11 is 5.13. The summed E-state index contributed by atoms with van der Waals surface area (Å²) in [4.78, 5) is 14.9. The summed E-state index contributed by atoms with van der Waals surface area (Å²) in [7, 11) is 0. The van der Waals surface area contributed by atoms with Crippen LogP contribution in [0.4, 0.5) is 5.69 Å². The molecule has 1 aliphatic rings. The van der Waals surface area contributed by atoms with Gasteiger partial charge in [-0.05, 0) is 38.4 Å². The van der Waals surface area contributed by atoms with Gasteiger partial charge < -0.3 is 11.1 Å². The zero-order valence-corrected chi connectivity index (χ0v) is 12.5. The van der Waals surface area contributed by atoms with Gasteiger partial charge in [0, 0.05) is 5.69 Å². The van der Waals surface area contributed by atoms with Crippen molar-refractivity contribution in [3.63, 3.8) is 0 Å². The average Bonchev–Trinajstić information content (AvgIpc) is 2.47. The minimum absolute atomic E-state index is 0.0145. The average molecular weight is 291 g/mol. The van der Waals surface area contributed by atoms with E-state index in [1.165, 1.54) is 0 Å². The van der Waals surface area contributed by atoms with Crippen LogP contribution in [-0.2, 0) is 4.79 Å². The molecular formula is C15H21N3OS. The highest BCUT2D eigenvalue weighted by molar-refractivity contribution is 7.80. The molecule has 20 heavy (non-hydrogen) atoms. The van der Waals surface area contributed by atoms with Gasteiger partial charge in [0.15, 0.2) is 0 Å². The van der Waals surface area contributed by atoms with Gasteiger partial charge >= 0.3 is 0 Å². The van der Waals surface area contributed by atoms with Crippen molar-refractivity contribution in [1.82, 2.24) is 4.90 Å². The summed E-state index contributed by atoms with van der Waals surface area (Å²) < 4.78 is 0. The second kappa shape index (κ2) is 6.81. The van der Waals surface area contributed by atoms with Gasteiger partial charge in [0.05, 0.1) is 17.1 Å². The fourth-order valence-electron chi connectivity index (χ4n) is 2.64.